The summed E-state index contributed by atoms with van der Waals surface area (Å²) in [6.45, 7) is 0. The Kier molecular flexibility index (Phi) is 4.91. The van der Waals surface area contributed by atoms with E-state index in [9.17, 15) is 4.79 Å². The molecule has 1 heterocycles. The van der Waals surface area contributed by atoms with Crippen LogP contribution >= 0.6 is 11.3 Å². The minimum atomic E-state index is -0.631. The molecule has 102 valence electrons. The van der Waals surface area contributed by atoms with Gasteiger partial charge in [0.05, 0.1) is 13.2 Å². The van der Waals surface area contributed by atoms with Crippen LogP contribution in [0.4, 0.5) is 0 Å². The normalized spacial score (nSPS) is 11.6. The van der Waals surface area contributed by atoms with Crippen molar-refractivity contribution in [2.75, 3.05) is 7.11 Å². The van der Waals surface area contributed by atoms with E-state index in [-0.39, 0.29) is 5.78 Å². The van der Waals surface area contributed by atoms with E-state index in [1.807, 2.05) is 41.8 Å². The van der Waals surface area contributed by atoms with Gasteiger partial charge in [-0.15, -0.1) is 11.3 Å². The van der Waals surface area contributed by atoms with Gasteiger partial charge < -0.3 is 4.74 Å². The van der Waals surface area contributed by atoms with E-state index in [1.165, 1.54) is 11.3 Å². The van der Waals surface area contributed by atoms with Crippen molar-refractivity contribution >= 4 is 17.1 Å². The molecule has 2 rings (SSSR count). The molecule has 0 aliphatic heterocycles. The molecule has 1 atom stereocenters. The predicted molar refractivity (Wildman–Crippen MR) is 79.0 cm³/mol. The zero-order chi connectivity index (χ0) is 14.4. The number of carbonyl (C=O) groups excluding carboxylic acids is 1. The Morgan fingerprint density at radius 3 is 2.65 bits per heavy atom. The van der Waals surface area contributed by atoms with Crippen molar-refractivity contribution in [1.82, 2.24) is 0 Å². The second kappa shape index (κ2) is 6.88. The molecule has 2 aromatic rings. The molecule has 1 unspecified atom stereocenters. The molecule has 0 radical (unpaired) electrons. The average Bonchev–Trinajstić information content (AvgIpc) is 3.00. The molecular weight excluding hydrogens is 270 g/mol. The van der Waals surface area contributed by atoms with Crippen LogP contribution in [0.25, 0.3) is 0 Å². The van der Waals surface area contributed by atoms with Crippen LogP contribution in [0.3, 0.4) is 0 Å². The summed E-state index contributed by atoms with van der Waals surface area (Å²) in [6, 6.07) is 13.4. The molecule has 0 bridgehead atoms. The van der Waals surface area contributed by atoms with Crippen LogP contribution in [-0.2, 0) is 11.2 Å². The van der Waals surface area contributed by atoms with E-state index in [0.29, 0.717) is 12.8 Å². The number of methoxy groups -OCH3 is 1. The fourth-order valence-corrected chi connectivity index (χ4v) is 2.75. The SMILES string of the molecule is COc1ccc(CCC(=O)C(C#N)c2cccs2)cc1. The summed E-state index contributed by atoms with van der Waals surface area (Å²) in [5.74, 6) is 0.146. The van der Waals surface area contributed by atoms with Gasteiger partial charge in [-0.05, 0) is 35.6 Å². The number of benzene rings is 1. The zero-order valence-electron chi connectivity index (χ0n) is 11.2. The van der Waals surface area contributed by atoms with Crippen molar-refractivity contribution < 1.29 is 9.53 Å². The van der Waals surface area contributed by atoms with E-state index >= 15 is 0 Å². The molecule has 1 aromatic carbocycles. The number of nitrogens with zero attached hydrogens (tertiary/aromatic N) is 1. The first-order valence-electron chi connectivity index (χ1n) is 6.33. The second-order valence-electron chi connectivity index (χ2n) is 4.39. The van der Waals surface area contributed by atoms with Crippen molar-refractivity contribution in [3.8, 4) is 11.8 Å². The number of nitriles is 1. The molecule has 0 saturated carbocycles. The van der Waals surface area contributed by atoms with Crippen LogP contribution in [-0.4, -0.2) is 12.9 Å². The number of ether oxygens (including phenoxy) is 1. The fourth-order valence-electron chi connectivity index (χ4n) is 1.95. The average molecular weight is 285 g/mol. The van der Waals surface area contributed by atoms with Crippen molar-refractivity contribution in [1.29, 1.82) is 5.26 Å². The van der Waals surface area contributed by atoms with Gasteiger partial charge in [0, 0.05) is 11.3 Å². The summed E-state index contributed by atoms with van der Waals surface area (Å²) in [7, 11) is 1.62. The Balaban J connectivity index is 1.95. The van der Waals surface area contributed by atoms with Crippen LogP contribution in [0, 0.1) is 11.3 Å². The van der Waals surface area contributed by atoms with Gasteiger partial charge >= 0.3 is 0 Å². The molecule has 0 aliphatic rings. The summed E-state index contributed by atoms with van der Waals surface area (Å²) in [6.07, 6.45) is 1.02. The Hall–Kier alpha value is -2.12. The summed E-state index contributed by atoms with van der Waals surface area (Å²) in [5.41, 5.74) is 1.07. The topological polar surface area (TPSA) is 50.1 Å². The molecule has 1 aromatic heterocycles. The molecule has 0 saturated heterocycles. The van der Waals surface area contributed by atoms with Crippen LogP contribution in [0.15, 0.2) is 41.8 Å². The Labute approximate surface area is 122 Å². The standard InChI is InChI=1S/C16H15NO2S/c1-19-13-7-4-12(5-8-13)6-9-15(18)14(11-17)16-3-2-10-20-16/h2-5,7-8,10,14H,6,9H2,1H3. The quantitative estimate of drug-likeness (QED) is 0.815. The number of hydrogen-bond acceptors (Lipinski definition) is 4. The largest absolute Gasteiger partial charge is 0.497 e. The van der Waals surface area contributed by atoms with Crippen molar-refractivity contribution in [3.05, 3.63) is 52.2 Å². The van der Waals surface area contributed by atoms with Gasteiger partial charge in [0.2, 0.25) is 0 Å². The molecule has 0 aliphatic carbocycles. The van der Waals surface area contributed by atoms with Gasteiger partial charge in [0.1, 0.15) is 11.7 Å². The molecule has 20 heavy (non-hydrogen) atoms. The summed E-state index contributed by atoms with van der Waals surface area (Å²) < 4.78 is 5.09. The molecule has 0 spiro atoms. The van der Waals surface area contributed by atoms with E-state index < -0.39 is 5.92 Å². The number of Topliss-reactive ketones (excluding diaryl/α,β-unsaturated/α-hetero) is 1. The number of hydrogen-bond donors (Lipinski definition) is 0. The maximum atomic E-state index is 12.1. The molecule has 4 heteroatoms. The Morgan fingerprint density at radius 2 is 2.10 bits per heavy atom. The van der Waals surface area contributed by atoms with Crippen molar-refractivity contribution in [2.45, 2.75) is 18.8 Å². The lowest BCUT2D eigenvalue weighted by Crippen LogP contribution is -2.10. The Morgan fingerprint density at radius 1 is 1.35 bits per heavy atom. The van der Waals surface area contributed by atoms with E-state index in [1.54, 1.807) is 7.11 Å². The van der Waals surface area contributed by atoms with Gasteiger partial charge in [0.15, 0.2) is 5.78 Å². The first kappa shape index (κ1) is 14.3. The van der Waals surface area contributed by atoms with E-state index in [0.717, 1.165) is 16.2 Å². The smallest absolute Gasteiger partial charge is 0.155 e. The molecular formula is C16H15NO2S. The summed E-state index contributed by atoms with van der Waals surface area (Å²) in [4.78, 5) is 13.0. The zero-order valence-corrected chi connectivity index (χ0v) is 12.0. The van der Waals surface area contributed by atoms with Gasteiger partial charge in [-0.3, -0.25) is 4.79 Å². The number of rotatable bonds is 6. The Bertz CT molecular complexity index is 596. The molecule has 0 N–H and O–H groups in total. The highest BCUT2D eigenvalue weighted by Crippen LogP contribution is 2.23. The van der Waals surface area contributed by atoms with Crippen LogP contribution in [0.2, 0.25) is 0 Å². The summed E-state index contributed by atoms with van der Waals surface area (Å²) in [5, 5.41) is 11.0. The molecule has 0 fully saturated rings. The van der Waals surface area contributed by atoms with Crippen molar-refractivity contribution in [2.24, 2.45) is 0 Å². The predicted octanol–water partition coefficient (Wildman–Crippen LogP) is 3.57. The van der Waals surface area contributed by atoms with Gasteiger partial charge in [-0.25, -0.2) is 0 Å². The second-order valence-corrected chi connectivity index (χ2v) is 5.37. The van der Waals surface area contributed by atoms with Crippen LogP contribution in [0.1, 0.15) is 22.8 Å². The highest BCUT2D eigenvalue weighted by molar-refractivity contribution is 7.10. The lowest BCUT2D eigenvalue weighted by atomic mass is 9.98. The van der Waals surface area contributed by atoms with Crippen LogP contribution < -0.4 is 4.74 Å². The van der Waals surface area contributed by atoms with E-state index in [4.69, 9.17) is 10.00 Å². The monoisotopic (exact) mass is 285 g/mol. The lowest BCUT2D eigenvalue weighted by Gasteiger charge is -2.06. The van der Waals surface area contributed by atoms with Crippen LogP contribution in [0.5, 0.6) is 5.75 Å². The minimum Gasteiger partial charge on any atom is -0.497 e. The number of carbonyl (C=O) groups is 1. The fraction of sp³-hybridized carbons (Fsp3) is 0.250. The third kappa shape index (κ3) is 3.46. The van der Waals surface area contributed by atoms with E-state index in [2.05, 4.69) is 6.07 Å². The molecule has 0 amide bonds. The maximum absolute atomic E-state index is 12.1. The number of thiophene rings is 1. The third-order valence-electron chi connectivity index (χ3n) is 3.10. The maximum Gasteiger partial charge on any atom is 0.155 e. The van der Waals surface area contributed by atoms with Gasteiger partial charge in [0.25, 0.3) is 0 Å². The van der Waals surface area contributed by atoms with Gasteiger partial charge in [-0.1, -0.05) is 18.2 Å². The van der Waals surface area contributed by atoms with Gasteiger partial charge in [-0.2, -0.15) is 5.26 Å². The number of ketones is 1. The first-order valence-corrected chi connectivity index (χ1v) is 7.21. The number of aryl methyl sites for hydroxylation is 1. The first-order chi connectivity index (χ1) is 9.74. The van der Waals surface area contributed by atoms with Crippen molar-refractivity contribution in [3.63, 3.8) is 0 Å². The summed E-state index contributed by atoms with van der Waals surface area (Å²) >= 11 is 1.45. The minimum absolute atomic E-state index is 0.0224. The lowest BCUT2D eigenvalue weighted by molar-refractivity contribution is -0.119. The molecule has 3 nitrogen and oxygen atoms in total. The third-order valence-corrected chi connectivity index (χ3v) is 4.04. The highest BCUT2D eigenvalue weighted by Gasteiger charge is 2.20. The highest BCUT2D eigenvalue weighted by atomic mass is 32.1.